The number of carbonyl (C=O) groups is 2. The van der Waals surface area contributed by atoms with E-state index in [9.17, 15) is 14.7 Å². The predicted molar refractivity (Wildman–Crippen MR) is 75.7 cm³/mol. The van der Waals surface area contributed by atoms with Crippen LogP contribution < -0.4 is 11.1 Å². The van der Waals surface area contributed by atoms with Crippen LogP contribution in [-0.4, -0.2) is 29.1 Å². The van der Waals surface area contributed by atoms with E-state index in [2.05, 4.69) is 19.2 Å². The molecule has 5 nitrogen and oxygen atoms in total. The van der Waals surface area contributed by atoms with Gasteiger partial charge in [-0.3, -0.25) is 4.79 Å². The zero-order chi connectivity index (χ0) is 15.1. The minimum Gasteiger partial charge on any atom is -0.480 e. The van der Waals surface area contributed by atoms with E-state index in [1.165, 1.54) is 0 Å². The molecule has 0 aromatic rings. The fourth-order valence-electron chi connectivity index (χ4n) is 2.27. The Balaban J connectivity index is 4.52. The SMILES string of the molecule is CCCC(C)(NC(=O)CC(CN)CC(C)C)C(=O)O. The third-order valence-corrected chi connectivity index (χ3v) is 3.25. The molecule has 2 atom stereocenters. The molecule has 112 valence electrons. The molecular weight excluding hydrogens is 244 g/mol. The molecule has 0 radical (unpaired) electrons. The zero-order valence-corrected chi connectivity index (χ0v) is 12.5. The summed E-state index contributed by atoms with van der Waals surface area (Å²) in [6.45, 7) is 8.06. The van der Waals surface area contributed by atoms with Gasteiger partial charge in [0.15, 0.2) is 0 Å². The Labute approximate surface area is 115 Å². The van der Waals surface area contributed by atoms with Crippen LogP contribution in [0.15, 0.2) is 0 Å². The van der Waals surface area contributed by atoms with Crippen molar-refractivity contribution >= 4 is 11.9 Å². The molecule has 0 aromatic carbocycles. The minimum atomic E-state index is -1.18. The van der Waals surface area contributed by atoms with Gasteiger partial charge in [0, 0.05) is 6.42 Å². The second kappa shape index (κ2) is 8.15. The van der Waals surface area contributed by atoms with Gasteiger partial charge in [0.2, 0.25) is 5.91 Å². The number of hydrogen-bond acceptors (Lipinski definition) is 3. The molecule has 5 heteroatoms. The van der Waals surface area contributed by atoms with E-state index >= 15 is 0 Å². The van der Waals surface area contributed by atoms with Gasteiger partial charge in [0.1, 0.15) is 5.54 Å². The minimum absolute atomic E-state index is 0.111. The Kier molecular flexibility index (Phi) is 7.68. The molecule has 0 aliphatic carbocycles. The predicted octanol–water partition coefficient (Wildman–Crippen LogP) is 1.76. The quantitative estimate of drug-likeness (QED) is 0.596. The lowest BCUT2D eigenvalue weighted by atomic mass is 9.92. The Bertz CT molecular complexity index is 305. The van der Waals surface area contributed by atoms with Gasteiger partial charge >= 0.3 is 5.97 Å². The molecule has 0 saturated heterocycles. The summed E-state index contributed by atoms with van der Waals surface area (Å²) in [6.07, 6.45) is 2.30. The largest absolute Gasteiger partial charge is 0.480 e. The maximum atomic E-state index is 12.0. The van der Waals surface area contributed by atoms with E-state index in [0.29, 0.717) is 31.7 Å². The van der Waals surface area contributed by atoms with Crippen molar-refractivity contribution in [2.45, 2.75) is 58.9 Å². The number of carboxylic acids is 1. The number of nitrogens with two attached hydrogens (primary N) is 1. The Morgan fingerprint density at radius 3 is 2.32 bits per heavy atom. The lowest BCUT2D eigenvalue weighted by Crippen LogP contribution is -2.52. The second-order valence-electron chi connectivity index (χ2n) is 5.87. The third-order valence-electron chi connectivity index (χ3n) is 3.25. The first-order valence-electron chi connectivity index (χ1n) is 6.99. The van der Waals surface area contributed by atoms with Gasteiger partial charge in [-0.1, -0.05) is 27.2 Å². The summed E-state index contributed by atoms with van der Waals surface area (Å²) in [7, 11) is 0. The Hall–Kier alpha value is -1.10. The molecule has 1 amide bonds. The maximum absolute atomic E-state index is 12.0. The molecule has 0 aromatic heterocycles. The highest BCUT2D eigenvalue weighted by Gasteiger charge is 2.34. The highest BCUT2D eigenvalue weighted by molar-refractivity contribution is 5.86. The third kappa shape index (κ3) is 6.57. The number of nitrogens with one attached hydrogen (secondary N) is 1. The molecular formula is C14H28N2O3. The zero-order valence-electron chi connectivity index (χ0n) is 12.5. The number of amides is 1. The van der Waals surface area contributed by atoms with Crippen molar-refractivity contribution in [3.8, 4) is 0 Å². The lowest BCUT2D eigenvalue weighted by Gasteiger charge is -2.27. The van der Waals surface area contributed by atoms with Gasteiger partial charge in [-0.25, -0.2) is 4.79 Å². The van der Waals surface area contributed by atoms with Crippen molar-refractivity contribution in [3.05, 3.63) is 0 Å². The van der Waals surface area contributed by atoms with Crippen LogP contribution in [0, 0.1) is 11.8 Å². The summed E-state index contributed by atoms with van der Waals surface area (Å²) in [5.41, 5.74) is 4.48. The van der Waals surface area contributed by atoms with E-state index in [1.807, 2.05) is 6.92 Å². The van der Waals surface area contributed by atoms with E-state index in [0.717, 1.165) is 6.42 Å². The van der Waals surface area contributed by atoms with Crippen LogP contribution >= 0.6 is 0 Å². The van der Waals surface area contributed by atoms with Crippen molar-refractivity contribution in [1.29, 1.82) is 0 Å². The molecule has 19 heavy (non-hydrogen) atoms. The van der Waals surface area contributed by atoms with Gasteiger partial charge < -0.3 is 16.2 Å². The van der Waals surface area contributed by atoms with Crippen molar-refractivity contribution in [3.63, 3.8) is 0 Å². The van der Waals surface area contributed by atoms with Crippen LogP contribution in [0.2, 0.25) is 0 Å². The smallest absolute Gasteiger partial charge is 0.329 e. The highest BCUT2D eigenvalue weighted by atomic mass is 16.4. The molecule has 0 rings (SSSR count). The average molecular weight is 272 g/mol. The van der Waals surface area contributed by atoms with Crippen LogP contribution in [-0.2, 0) is 9.59 Å². The van der Waals surface area contributed by atoms with Crippen LogP contribution in [0.1, 0.15) is 53.4 Å². The standard InChI is InChI=1S/C14H28N2O3/c1-5-6-14(4,13(18)19)16-12(17)8-11(9-15)7-10(2)3/h10-11H,5-9,15H2,1-4H3,(H,16,17)(H,18,19). The van der Waals surface area contributed by atoms with Gasteiger partial charge in [-0.05, 0) is 38.1 Å². The van der Waals surface area contributed by atoms with Gasteiger partial charge in [0.05, 0.1) is 0 Å². The monoisotopic (exact) mass is 272 g/mol. The van der Waals surface area contributed by atoms with Crippen molar-refractivity contribution in [1.82, 2.24) is 5.32 Å². The highest BCUT2D eigenvalue weighted by Crippen LogP contribution is 2.17. The molecule has 0 saturated carbocycles. The van der Waals surface area contributed by atoms with Crippen molar-refractivity contribution in [2.75, 3.05) is 6.54 Å². The van der Waals surface area contributed by atoms with E-state index in [1.54, 1.807) is 6.92 Å². The Morgan fingerprint density at radius 2 is 1.95 bits per heavy atom. The van der Waals surface area contributed by atoms with Gasteiger partial charge in [-0.2, -0.15) is 0 Å². The fraction of sp³-hybridized carbons (Fsp3) is 0.857. The van der Waals surface area contributed by atoms with Crippen molar-refractivity contribution < 1.29 is 14.7 Å². The number of hydrogen-bond donors (Lipinski definition) is 3. The first-order chi connectivity index (χ1) is 8.75. The number of carbonyl (C=O) groups excluding carboxylic acids is 1. The summed E-state index contributed by atoms with van der Waals surface area (Å²) in [6, 6.07) is 0. The maximum Gasteiger partial charge on any atom is 0.329 e. The van der Waals surface area contributed by atoms with Crippen LogP contribution in [0.3, 0.4) is 0 Å². The topological polar surface area (TPSA) is 92.4 Å². The number of carboxylic acid groups (broad SMARTS) is 1. The van der Waals surface area contributed by atoms with E-state index < -0.39 is 11.5 Å². The van der Waals surface area contributed by atoms with Gasteiger partial charge in [0.25, 0.3) is 0 Å². The molecule has 0 fully saturated rings. The molecule has 4 N–H and O–H groups in total. The first kappa shape index (κ1) is 17.9. The molecule has 0 aliphatic rings. The second-order valence-corrected chi connectivity index (χ2v) is 5.87. The number of rotatable bonds is 9. The summed E-state index contributed by atoms with van der Waals surface area (Å²) < 4.78 is 0. The molecule has 0 heterocycles. The summed E-state index contributed by atoms with van der Waals surface area (Å²) in [5.74, 6) is -0.632. The Morgan fingerprint density at radius 1 is 1.37 bits per heavy atom. The lowest BCUT2D eigenvalue weighted by molar-refractivity contribution is -0.147. The molecule has 0 spiro atoms. The number of aliphatic carboxylic acids is 1. The average Bonchev–Trinajstić information content (AvgIpc) is 2.27. The van der Waals surface area contributed by atoms with Crippen molar-refractivity contribution in [2.24, 2.45) is 17.6 Å². The summed E-state index contributed by atoms with van der Waals surface area (Å²) in [5, 5.41) is 11.8. The summed E-state index contributed by atoms with van der Waals surface area (Å²) >= 11 is 0. The molecule has 0 bridgehead atoms. The summed E-state index contributed by atoms with van der Waals surface area (Å²) in [4.78, 5) is 23.2. The van der Waals surface area contributed by atoms with E-state index in [-0.39, 0.29) is 11.8 Å². The fourth-order valence-corrected chi connectivity index (χ4v) is 2.27. The van der Waals surface area contributed by atoms with Crippen LogP contribution in [0.5, 0.6) is 0 Å². The van der Waals surface area contributed by atoms with E-state index in [4.69, 9.17) is 5.73 Å². The first-order valence-corrected chi connectivity index (χ1v) is 6.99. The molecule has 0 aliphatic heterocycles. The normalized spacial score (nSPS) is 15.9. The molecule has 2 unspecified atom stereocenters. The van der Waals surface area contributed by atoms with Gasteiger partial charge in [-0.15, -0.1) is 0 Å². The van der Waals surface area contributed by atoms with Crippen LogP contribution in [0.4, 0.5) is 0 Å². The van der Waals surface area contributed by atoms with Crippen LogP contribution in [0.25, 0.3) is 0 Å².